The number of nitrogens with zero attached hydrogens (tertiary/aromatic N) is 2. The number of rotatable bonds is 3. The summed E-state index contributed by atoms with van der Waals surface area (Å²) in [6, 6.07) is 12.4. The zero-order valence-corrected chi connectivity index (χ0v) is 16.6. The molecule has 0 atom stereocenters. The van der Waals surface area contributed by atoms with Crippen molar-refractivity contribution in [2.24, 2.45) is 0 Å². The second-order valence-corrected chi connectivity index (χ2v) is 7.20. The molecule has 0 aliphatic heterocycles. The van der Waals surface area contributed by atoms with Crippen LogP contribution in [0.15, 0.2) is 53.1 Å². The lowest BCUT2D eigenvalue weighted by Gasteiger charge is -2.08. The predicted molar refractivity (Wildman–Crippen MR) is 111 cm³/mol. The first kappa shape index (κ1) is 18.5. The van der Waals surface area contributed by atoms with Crippen LogP contribution < -0.4 is 5.32 Å². The number of oxazole rings is 1. The van der Waals surface area contributed by atoms with Gasteiger partial charge in [-0.1, -0.05) is 29.3 Å². The van der Waals surface area contributed by atoms with Gasteiger partial charge in [0.05, 0.1) is 16.1 Å². The fourth-order valence-electron chi connectivity index (χ4n) is 3.01. The molecule has 4 rings (SSSR count). The number of aromatic nitrogens is 2. The minimum atomic E-state index is -0.365. The number of hydrogen-bond donors (Lipinski definition) is 1. The first-order valence-electron chi connectivity index (χ1n) is 8.52. The Labute approximate surface area is 171 Å². The Morgan fingerprint density at radius 3 is 2.71 bits per heavy atom. The highest BCUT2D eigenvalue weighted by atomic mass is 35.5. The number of fused-ring (bicyclic) bond motifs is 1. The third kappa shape index (κ3) is 3.46. The van der Waals surface area contributed by atoms with Crippen LogP contribution >= 0.6 is 23.2 Å². The van der Waals surface area contributed by atoms with E-state index in [-0.39, 0.29) is 16.6 Å². The van der Waals surface area contributed by atoms with E-state index in [0.29, 0.717) is 27.7 Å². The lowest BCUT2D eigenvalue weighted by molar-refractivity contribution is 0.102. The lowest BCUT2D eigenvalue weighted by Crippen LogP contribution is -2.12. The molecule has 0 radical (unpaired) electrons. The minimum Gasteiger partial charge on any atom is -0.436 e. The van der Waals surface area contributed by atoms with Gasteiger partial charge in [-0.25, -0.2) is 9.97 Å². The summed E-state index contributed by atoms with van der Waals surface area (Å²) in [5.74, 6) is 0.0274. The third-order valence-electron chi connectivity index (χ3n) is 4.28. The molecule has 0 saturated heterocycles. The normalized spacial score (nSPS) is 11.0. The predicted octanol–water partition coefficient (Wildman–Crippen LogP) is 6.07. The molecule has 5 nitrogen and oxygen atoms in total. The standard InChI is InChI=1S/C21H15Cl2N3O2/c1-11-8-12(2)18-17(9-11)26-21(28-18)15-10-13(5-6-16(15)22)25-20(27)14-4-3-7-24-19(14)23/h3-10H,1-2H3,(H,25,27). The van der Waals surface area contributed by atoms with Crippen LogP contribution in [0.5, 0.6) is 0 Å². The van der Waals surface area contributed by atoms with Gasteiger partial charge in [-0.3, -0.25) is 4.79 Å². The number of amides is 1. The zero-order valence-electron chi connectivity index (χ0n) is 15.1. The SMILES string of the molecule is Cc1cc(C)c2oc(-c3cc(NC(=O)c4cccnc4Cl)ccc3Cl)nc2c1. The van der Waals surface area contributed by atoms with E-state index in [9.17, 15) is 4.79 Å². The molecule has 0 unspecified atom stereocenters. The molecule has 0 spiro atoms. The van der Waals surface area contributed by atoms with Crippen molar-refractivity contribution < 1.29 is 9.21 Å². The number of pyridine rings is 1. The van der Waals surface area contributed by atoms with Crippen LogP contribution in [0.2, 0.25) is 10.2 Å². The maximum Gasteiger partial charge on any atom is 0.258 e. The van der Waals surface area contributed by atoms with Crippen molar-refractivity contribution in [2.75, 3.05) is 5.32 Å². The van der Waals surface area contributed by atoms with Crippen molar-refractivity contribution >= 4 is 45.9 Å². The molecule has 1 amide bonds. The Balaban J connectivity index is 1.71. The Bertz CT molecular complexity index is 1220. The van der Waals surface area contributed by atoms with Gasteiger partial charge in [-0.05, 0) is 61.4 Å². The van der Waals surface area contributed by atoms with Crippen molar-refractivity contribution in [2.45, 2.75) is 13.8 Å². The Morgan fingerprint density at radius 1 is 1.11 bits per heavy atom. The van der Waals surface area contributed by atoms with E-state index in [0.717, 1.165) is 16.6 Å². The Morgan fingerprint density at radius 2 is 1.93 bits per heavy atom. The third-order valence-corrected chi connectivity index (χ3v) is 4.91. The number of hydrogen-bond acceptors (Lipinski definition) is 4. The van der Waals surface area contributed by atoms with Crippen molar-refractivity contribution in [3.8, 4) is 11.5 Å². The number of benzene rings is 2. The average Bonchev–Trinajstić information content (AvgIpc) is 3.07. The lowest BCUT2D eigenvalue weighted by atomic mass is 10.1. The number of carbonyl (C=O) groups is 1. The van der Waals surface area contributed by atoms with Gasteiger partial charge < -0.3 is 9.73 Å². The zero-order chi connectivity index (χ0) is 19.8. The summed E-state index contributed by atoms with van der Waals surface area (Å²) in [5.41, 5.74) is 5.00. The van der Waals surface area contributed by atoms with E-state index >= 15 is 0 Å². The van der Waals surface area contributed by atoms with Crippen LogP contribution in [-0.2, 0) is 0 Å². The molecular formula is C21H15Cl2N3O2. The topological polar surface area (TPSA) is 68.0 Å². The highest BCUT2D eigenvalue weighted by Crippen LogP contribution is 2.33. The number of aryl methyl sites for hydroxylation is 2. The Kier molecular flexibility index (Phi) is 4.79. The maximum atomic E-state index is 12.5. The summed E-state index contributed by atoms with van der Waals surface area (Å²) in [7, 11) is 0. The molecule has 140 valence electrons. The van der Waals surface area contributed by atoms with Gasteiger partial charge in [0.15, 0.2) is 5.58 Å². The Hall–Kier alpha value is -2.89. The van der Waals surface area contributed by atoms with Crippen molar-refractivity contribution in [3.63, 3.8) is 0 Å². The van der Waals surface area contributed by atoms with Crippen molar-refractivity contribution in [3.05, 3.63) is 75.5 Å². The molecule has 0 aliphatic carbocycles. The molecule has 2 aromatic heterocycles. The number of halogens is 2. The molecule has 4 aromatic rings. The summed E-state index contributed by atoms with van der Waals surface area (Å²) < 4.78 is 5.95. The maximum absolute atomic E-state index is 12.5. The molecule has 0 fully saturated rings. The van der Waals surface area contributed by atoms with Crippen LogP contribution in [0.1, 0.15) is 21.5 Å². The van der Waals surface area contributed by atoms with E-state index in [1.807, 2.05) is 26.0 Å². The van der Waals surface area contributed by atoms with Crippen molar-refractivity contribution in [1.29, 1.82) is 0 Å². The van der Waals surface area contributed by atoms with Gasteiger partial charge in [0.1, 0.15) is 10.7 Å². The first-order chi connectivity index (χ1) is 13.4. The second-order valence-electron chi connectivity index (χ2n) is 6.44. The van der Waals surface area contributed by atoms with Crippen LogP contribution in [0, 0.1) is 13.8 Å². The molecule has 2 heterocycles. The summed E-state index contributed by atoms with van der Waals surface area (Å²) in [6.45, 7) is 3.98. The highest BCUT2D eigenvalue weighted by Gasteiger charge is 2.16. The van der Waals surface area contributed by atoms with E-state index in [1.54, 1.807) is 30.3 Å². The summed E-state index contributed by atoms with van der Waals surface area (Å²) in [4.78, 5) is 21.0. The summed E-state index contributed by atoms with van der Waals surface area (Å²) >= 11 is 12.4. The van der Waals surface area contributed by atoms with E-state index in [4.69, 9.17) is 27.6 Å². The second kappa shape index (κ2) is 7.26. The molecule has 0 aliphatic rings. The first-order valence-corrected chi connectivity index (χ1v) is 9.27. The number of anilines is 1. The van der Waals surface area contributed by atoms with Gasteiger partial charge in [0.2, 0.25) is 5.89 Å². The molecule has 7 heteroatoms. The van der Waals surface area contributed by atoms with Gasteiger partial charge in [0.25, 0.3) is 5.91 Å². The molecule has 1 N–H and O–H groups in total. The van der Waals surface area contributed by atoms with Gasteiger partial charge in [-0.2, -0.15) is 0 Å². The van der Waals surface area contributed by atoms with Crippen LogP contribution in [0.4, 0.5) is 5.69 Å². The van der Waals surface area contributed by atoms with Crippen LogP contribution in [0.25, 0.3) is 22.6 Å². The van der Waals surface area contributed by atoms with Gasteiger partial charge in [0, 0.05) is 11.9 Å². The smallest absolute Gasteiger partial charge is 0.258 e. The number of carbonyl (C=O) groups excluding carboxylic acids is 1. The highest BCUT2D eigenvalue weighted by molar-refractivity contribution is 6.34. The van der Waals surface area contributed by atoms with Crippen LogP contribution in [0.3, 0.4) is 0 Å². The molecular weight excluding hydrogens is 397 g/mol. The quantitative estimate of drug-likeness (QED) is 0.415. The van der Waals surface area contributed by atoms with E-state index < -0.39 is 0 Å². The number of nitrogens with one attached hydrogen (secondary N) is 1. The monoisotopic (exact) mass is 411 g/mol. The summed E-state index contributed by atoms with van der Waals surface area (Å²) in [5, 5.41) is 3.41. The van der Waals surface area contributed by atoms with Gasteiger partial charge in [-0.15, -0.1) is 0 Å². The van der Waals surface area contributed by atoms with E-state index in [2.05, 4.69) is 15.3 Å². The fourth-order valence-corrected chi connectivity index (χ4v) is 3.42. The molecule has 2 aromatic carbocycles. The fraction of sp³-hybridized carbons (Fsp3) is 0.0952. The molecule has 0 saturated carbocycles. The largest absolute Gasteiger partial charge is 0.436 e. The average molecular weight is 412 g/mol. The van der Waals surface area contributed by atoms with Crippen LogP contribution in [-0.4, -0.2) is 15.9 Å². The van der Waals surface area contributed by atoms with Gasteiger partial charge >= 0.3 is 0 Å². The molecule has 0 bridgehead atoms. The minimum absolute atomic E-state index is 0.138. The van der Waals surface area contributed by atoms with E-state index in [1.165, 1.54) is 6.20 Å². The molecule has 28 heavy (non-hydrogen) atoms. The van der Waals surface area contributed by atoms with Crippen molar-refractivity contribution in [1.82, 2.24) is 9.97 Å². The summed E-state index contributed by atoms with van der Waals surface area (Å²) in [6.07, 6.45) is 1.52.